The Morgan fingerprint density at radius 2 is 2.05 bits per heavy atom. The summed E-state index contributed by atoms with van der Waals surface area (Å²) in [6, 6.07) is 3.71. The predicted octanol–water partition coefficient (Wildman–Crippen LogP) is 1.75. The van der Waals surface area contributed by atoms with Crippen LogP contribution < -0.4 is 24.8 Å². The quantitative estimate of drug-likeness (QED) is 0.830. The monoisotopic (exact) mass is 326 g/mol. The molecule has 0 bridgehead atoms. The highest BCUT2D eigenvalue weighted by Gasteiger charge is 2.20. The zero-order chi connectivity index (χ0) is 15.9. The molecule has 7 heteroatoms. The number of hydrogen-bond donors (Lipinski definition) is 2. The lowest BCUT2D eigenvalue weighted by molar-refractivity contribution is -0.116. The van der Waals surface area contributed by atoms with Gasteiger partial charge in [0.1, 0.15) is 0 Å². The Labute approximate surface area is 134 Å². The lowest BCUT2D eigenvalue weighted by atomic mass is 10.2. The van der Waals surface area contributed by atoms with E-state index in [4.69, 9.17) is 14.2 Å². The molecule has 0 radical (unpaired) electrons. The van der Waals surface area contributed by atoms with Crippen LogP contribution in [0.4, 0.5) is 5.69 Å². The standard InChI is InChI=1S/C15H22N2O4S/c1-19-12-5-4-11(14(20-2)15(12)21-3)17-13(18)8-10-9-22-7-6-16-10/h4-5,10,16H,6-9H2,1-3H3,(H,17,18). The first-order valence-corrected chi connectivity index (χ1v) is 8.25. The van der Waals surface area contributed by atoms with Crippen LogP contribution in [0.1, 0.15) is 6.42 Å². The number of carbonyl (C=O) groups is 1. The third-order valence-corrected chi connectivity index (χ3v) is 4.54. The summed E-state index contributed by atoms with van der Waals surface area (Å²) in [5, 5.41) is 6.23. The molecule has 2 rings (SSSR count). The van der Waals surface area contributed by atoms with Gasteiger partial charge in [0.25, 0.3) is 0 Å². The fraction of sp³-hybridized carbons (Fsp3) is 0.533. The van der Waals surface area contributed by atoms with Crippen LogP contribution in [0.2, 0.25) is 0 Å². The fourth-order valence-electron chi connectivity index (χ4n) is 2.38. The van der Waals surface area contributed by atoms with Crippen molar-refractivity contribution in [1.82, 2.24) is 5.32 Å². The summed E-state index contributed by atoms with van der Waals surface area (Å²) in [4.78, 5) is 12.2. The molecule has 1 aromatic carbocycles. The molecule has 1 aromatic rings. The number of amides is 1. The zero-order valence-corrected chi connectivity index (χ0v) is 13.9. The maximum absolute atomic E-state index is 12.2. The molecule has 1 unspecified atom stereocenters. The molecule has 1 atom stereocenters. The van der Waals surface area contributed by atoms with Crippen LogP contribution in [-0.2, 0) is 4.79 Å². The van der Waals surface area contributed by atoms with Crippen LogP contribution in [-0.4, -0.2) is 51.3 Å². The van der Waals surface area contributed by atoms with Gasteiger partial charge in [0.2, 0.25) is 11.7 Å². The minimum Gasteiger partial charge on any atom is -0.493 e. The molecular formula is C15H22N2O4S. The van der Waals surface area contributed by atoms with E-state index in [0.29, 0.717) is 29.4 Å². The van der Waals surface area contributed by atoms with E-state index in [-0.39, 0.29) is 11.9 Å². The number of carbonyl (C=O) groups excluding carboxylic acids is 1. The summed E-state index contributed by atoms with van der Waals surface area (Å²) in [6.45, 7) is 0.947. The molecule has 1 amide bonds. The van der Waals surface area contributed by atoms with Crippen molar-refractivity contribution in [1.29, 1.82) is 0 Å². The number of nitrogens with one attached hydrogen (secondary N) is 2. The van der Waals surface area contributed by atoms with Crippen molar-refractivity contribution in [3.05, 3.63) is 12.1 Å². The summed E-state index contributed by atoms with van der Waals surface area (Å²) < 4.78 is 15.9. The highest BCUT2D eigenvalue weighted by Crippen LogP contribution is 2.42. The van der Waals surface area contributed by atoms with Crippen LogP contribution in [0.25, 0.3) is 0 Å². The van der Waals surface area contributed by atoms with Crippen molar-refractivity contribution in [2.45, 2.75) is 12.5 Å². The first-order chi connectivity index (χ1) is 10.7. The van der Waals surface area contributed by atoms with Gasteiger partial charge >= 0.3 is 0 Å². The number of hydrogen-bond acceptors (Lipinski definition) is 6. The topological polar surface area (TPSA) is 68.8 Å². The first kappa shape index (κ1) is 16.8. The Morgan fingerprint density at radius 1 is 1.27 bits per heavy atom. The van der Waals surface area contributed by atoms with Crippen molar-refractivity contribution in [2.24, 2.45) is 0 Å². The Balaban J connectivity index is 2.09. The second-order valence-electron chi connectivity index (χ2n) is 4.86. The fourth-order valence-corrected chi connectivity index (χ4v) is 3.32. The van der Waals surface area contributed by atoms with Crippen LogP contribution in [0, 0.1) is 0 Å². The van der Waals surface area contributed by atoms with Gasteiger partial charge in [-0.2, -0.15) is 11.8 Å². The average molecular weight is 326 g/mol. The molecule has 1 aliphatic heterocycles. The van der Waals surface area contributed by atoms with Crippen LogP contribution >= 0.6 is 11.8 Å². The summed E-state index contributed by atoms with van der Waals surface area (Å²) >= 11 is 1.87. The van der Waals surface area contributed by atoms with Crippen molar-refractivity contribution in [3.63, 3.8) is 0 Å². The van der Waals surface area contributed by atoms with Gasteiger partial charge < -0.3 is 24.8 Å². The third kappa shape index (κ3) is 3.98. The maximum Gasteiger partial charge on any atom is 0.226 e. The Hall–Kier alpha value is -1.60. The molecule has 0 aromatic heterocycles. The van der Waals surface area contributed by atoms with Gasteiger partial charge in [0.05, 0.1) is 27.0 Å². The number of methoxy groups -OCH3 is 3. The molecule has 1 fully saturated rings. The lowest BCUT2D eigenvalue weighted by Crippen LogP contribution is -2.39. The highest BCUT2D eigenvalue weighted by molar-refractivity contribution is 7.99. The Kier molecular flexibility index (Phi) is 6.21. The van der Waals surface area contributed by atoms with E-state index < -0.39 is 0 Å². The Bertz CT molecular complexity index is 519. The number of anilines is 1. The van der Waals surface area contributed by atoms with Gasteiger partial charge in [-0.3, -0.25) is 4.79 Å². The van der Waals surface area contributed by atoms with E-state index in [9.17, 15) is 4.79 Å². The number of rotatable bonds is 6. The van der Waals surface area contributed by atoms with E-state index >= 15 is 0 Å². The van der Waals surface area contributed by atoms with Crippen molar-refractivity contribution in [3.8, 4) is 17.2 Å². The van der Waals surface area contributed by atoms with E-state index in [0.717, 1.165) is 18.1 Å². The van der Waals surface area contributed by atoms with Gasteiger partial charge in [-0.1, -0.05) is 0 Å². The summed E-state index contributed by atoms with van der Waals surface area (Å²) in [6.07, 6.45) is 0.435. The molecule has 6 nitrogen and oxygen atoms in total. The largest absolute Gasteiger partial charge is 0.493 e. The summed E-state index contributed by atoms with van der Waals surface area (Å²) in [5.74, 6) is 3.49. The Morgan fingerprint density at radius 3 is 2.64 bits per heavy atom. The molecule has 2 N–H and O–H groups in total. The molecular weight excluding hydrogens is 304 g/mol. The first-order valence-electron chi connectivity index (χ1n) is 7.09. The van der Waals surface area contributed by atoms with Crippen molar-refractivity contribution >= 4 is 23.4 Å². The van der Waals surface area contributed by atoms with Gasteiger partial charge in [0, 0.05) is 30.5 Å². The molecule has 1 heterocycles. The van der Waals surface area contributed by atoms with Crippen LogP contribution in [0.15, 0.2) is 12.1 Å². The van der Waals surface area contributed by atoms with E-state index in [2.05, 4.69) is 10.6 Å². The minimum atomic E-state index is -0.0504. The lowest BCUT2D eigenvalue weighted by Gasteiger charge is -2.23. The van der Waals surface area contributed by atoms with Gasteiger partial charge in [0.15, 0.2) is 11.5 Å². The van der Waals surface area contributed by atoms with E-state index in [1.165, 1.54) is 14.2 Å². The molecule has 1 aliphatic rings. The maximum atomic E-state index is 12.2. The molecule has 0 saturated carbocycles. The van der Waals surface area contributed by atoms with Gasteiger partial charge in [-0.05, 0) is 12.1 Å². The van der Waals surface area contributed by atoms with Crippen LogP contribution in [0.5, 0.6) is 17.2 Å². The SMILES string of the molecule is COc1ccc(NC(=O)CC2CSCCN2)c(OC)c1OC. The molecule has 122 valence electrons. The number of ether oxygens (including phenoxy) is 3. The minimum absolute atomic E-state index is 0.0504. The molecule has 0 aliphatic carbocycles. The van der Waals surface area contributed by atoms with Gasteiger partial charge in [-0.25, -0.2) is 0 Å². The normalized spacial score (nSPS) is 17.7. The van der Waals surface area contributed by atoms with Crippen LogP contribution in [0.3, 0.4) is 0 Å². The molecule has 22 heavy (non-hydrogen) atoms. The van der Waals surface area contributed by atoms with Crippen molar-refractivity contribution in [2.75, 3.05) is 44.7 Å². The predicted molar refractivity (Wildman–Crippen MR) is 88.5 cm³/mol. The van der Waals surface area contributed by atoms with Crippen molar-refractivity contribution < 1.29 is 19.0 Å². The average Bonchev–Trinajstić information content (AvgIpc) is 2.55. The van der Waals surface area contributed by atoms with E-state index in [1.54, 1.807) is 19.2 Å². The summed E-state index contributed by atoms with van der Waals surface area (Å²) in [7, 11) is 4.63. The number of benzene rings is 1. The smallest absolute Gasteiger partial charge is 0.226 e. The van der Waals surface area contributed by atoms with Gasteiger partial charge in [-0.15, -0.1) is 0 Å². The summed E-state index contributed by atoms with van der Waals surface area (Å²) in [5.41, 5.74) is 0.577. The second-order valence-corrected chi connectivity index (χ2v) is 6.01. The molecule has 1 saturated heterocycles. The second kappa shape index (κ2) is 8.14. The highest BCUT2D eigenvalue weighted by atomic mass is 32.2. The number of thioether (sulfide) groups is 1. The molecule has 0 spiro atoms. The van der Waals surface area contributed by atoms with E-state index in [1.807, 2.05) is 11.8 Å². The zero-order valence-electron chi connectivity index (χ0n) is 13.1. The third-order valence-electron chi connectivity index (χ3n) is 3.41.